The fourth-order valence-corrected chi connectivity index (χ4v) is 2.15. The van der Waals surface area contributed by atoms with Gasteiger partial charge in [-0.25, -0.2) is 14.6 Å². The van der Waals surface area contributed by atoms with Crippen LogP contribution in [0.3, 0.4) is 0 Å². The quantitative estimate of drug-likeness (QED) is 0.326. The predicted molar refractivity (Wildman–Crippen MR) is 84.2 cm³/mol. The summed E-state index contributed by atoms with van der Waals surface area (Å²) >= 11 is 0. The van der Waals surface area contributed by atoms with Crippen LogP contribution in [-0.2, 0) is 14.3 Å². The molecule has 1 heterocycles. The highest BCUT2D eigenvalue weighted by molar-refractivity contribution is 5.95. The standard InChI is InChI=1S/C16H18N2O6/c1-3-23-15(19)11-7-14(18(21)22)13(17-9-11)8-12(10-5-6-10)16(20)24-4-2/h7-10H,3-6H2,1-2H3/b12-8-. The average molecular weight is 334 g/mol. The number of hydrogen-bond acceptors (Lipinski definition) is 7. The molecule has 8 heteroatoms. The Bertz CT molecular complexity index is 694. The first-order valence-electron chi connectivity index (χ1n) is 7.68. The van der Waals surface area contributed by atoms with Crippen LogP contribution in [0.25, 0.3) is 6.08 Å². The van der Waals surface area contributed by atoms with Crippen LogP contribution < -0.4 is 0 Å². The number of aromatic nitrogens is 1. The number of nitrogens with zero attached hydrogens (tertiary/aromatic N) is 2. The van der Waals surface area contributed by atoms with E-state index in [0.717, 1.165) is 18.9 Å². The lowest BCUT2D eigenvalue weighted by Gasteiger charge is -2.06. The van der Waals surface area contributed by atoms with E-state index >= 15 is 0 Å². The van der Waals surface area contributed by atoms with E-state index in [1.807, 2.05) is 0 Å². The third-order valence-corrected chi connectivity index (χ3v) is 3.43. The zero-order valence-electron chi connectivity index (χ0n) is 13.5. The second-order valence-electron chi connectivity index (χ2n) is 5.20. The topological polar surface area (TPSA) is 109 Å². The molecule has 2 rings (SSSR count). The molecule has 0 aliphatic heterocycles. The first-order valence-corrected chi connectivity index (χ1v) is 7.68. The second kappa shape index (κ2) is 7.67. The first-order chi connectivity index (χ1) is 11.5. The Morgan fingerprint density at radius 3 is 2.54 bits per heavy atom. The second-order valence-corrected chi connectivity index (χ2v) is 5.20. The highest BCUT2D eigenvalue weighted by atomic mass is 16.6. The van der Waals surface area contributed by atoms with Crippen molar-refractivity contribution in [2.45, 2.75) is 26.7 Å². The van der Waals surface area contributed by atoms with Gasteiger partial charge in [-0.2, -0.15) is 0 Å². The number of esters is 2. The molecule has 1 aliphatic rings. The van der Waals surface area contributed by atoms with Gasteiger partial charge in [-0.15, -0.1) is 0 Å². The normalized spacial score (nSPS) is 14.2. The predicted octanol–water partition coefficient (Wildman–Crippen LogP) is 2.52. The summed E-state index contributed by atoms with van der Waals surface area (Å²) < 4.78 is 9.80. The molecule has 0 amide bonds. The van der Waals surface area contributed by atoms with E-state index in [9.17, 15) is 19.7 Å². The van der Waals surface area contributed by atoms with E-state index in [4.69, 9.17) is 9.47 Å². The molecule has 0 aromatic carbocycles. The van der Waals surface area contributed by atoms with Crippen LogP contribution in [0.5, 0.6) is 0 Å². The molecule has 128 valence electrons. The molecule has 0 unspecified atom stereocenters. The van der Waals surface area contributed by atoms with E-state index in [0.29, 0.717) is 5.57 Å². The van der Waals surface area contributed by atoms with Crippen molar-refractivity contribution in [3.8, 4) is 0 Å². The minimum atomic E-state index is -0.684. The summed E-state index contributed by atoms with van der Waals surface area (Å²) in [5.74, 6) is -1.14. The molecule has 1 aliphatic carbocycles. The summed E-state index contributed by atoms with van der Waals surface area (Å²) in [6.07, 6.45) is 4.24. The molecule has 0 N–H and O–H groups in total. The van der Waals surface area contributed by atoms with Gasteiger partial charge in [0.05, 0.1) is 23.7 Å². The highest BCUT2D eigenvalue weighted by Gasteiger charge is 2.32. The van der Waals surface area contributed by atoms with E-state index in [1.54, 1.807) is 13.8 Å². The van der Waals surface area contributed by atoms with Crippen molar-refractivity contribution in [2.75, 3.05) is 13.2 Å². The van der Waals surface area contributed by atoms with Crippen LogP contribution >= 0.6 is 0 Å². The number of carbonyl (C=O) groups is 2. The number of ether oxygens (including phenoxy) is 2. The monoisotopic (exact) mass is 334 g/mol. The van der Waals surface area contributed by atoms with E-state index in [-0.39, 0.29) is 36.1 Å². The molecule has 8 nitrogen and oxygen atoms in total. The van der Waals surface area contributed by atoms with Gasteiger partial charge < -0.3 is 9.47 Å². The maximum Gasteiger partial charge on any atom is 0.339 e. The van der Waals surface area contributed by atoms with Gasteiger partial charge in [0, 0.05) is 17.8 Å². The van der Waals surface area contributed by atoms with Crippen molar-refractivity contribution in [3.05, 3.63) is 39.2 Å². The van der Waals surface area contributed by atoms with Crippen molar-refractivity contribution in [1.29, 1.82) is 0 Å². The van der Waals surface area contributed by atoms with Gasteiger partial charge in [0.1, 0.15) is 5.69 Å². The van der Waals surface area contributed by atoms with Gasteiger partial charge in [0.25, 0.3) is 5.69 Å². The van der Waals surface area contributed by atoms with Crippen molar-refractivity contribution in [3.63, 3.8) is 0 Å². The van der Waals surface area contributed by atoms with Crippen molar-refractivity contribution < 1.29 is 24.0 Å². The summed E-state index contributed by atoms with van der Waals surface area (Å²) in [6.45, 7) is 3.71. The van der Waals surface area contributed by atoms with Crippen molar-refractivity contribution in [1.82, 2.24) is 4.98 Å². The van der Waals surface area contributed by atoms with Crippen molar-refractivity contribution >= 4 is 23.7 Å². The van der Waals surface area contributed by atoms with Crippen LogP contribution in [-0.4, -0.2) is 35.1 Å². The zero-order chi connectivity index (χ0) is 17.7. The summed E-state index contributed by atoms with van der Waals surface area (Å²) in [5, 5.41) is 11.3. The third-order valence-electron chi connectivity index (χ3n) is 3.43. The molecule has 0 saturated heterocycles. The molecular formula is C16H18N2O6. The SMILES string of the molecule is CCOC(=O)/C(=C\c1ncc(C(=O)OCC)cc1[N+](=O)[O-])C1CC1. The number of carbonyl (C=O) groups excluding carboxylic acids is 2. The van der Waals surface area contributed by atoms with Crippen LogP contribution in [0.15, 0.2) is 17.8 Å². The number of pyridine rings is 1. The summed E-state index contributed by atoms with van der Waals surface area (Å²) in [7, 11) is 0. The molecule has 0 radical (unpaired) electrons. The molecule has 24 heavy (non-hydrogen) atoms. The summed E-state index contributed by atoms with van der Waals surface area (Å²) in [5.41, 5.74) is 0.0205. The molecule has 0 atom stereocenters. The number of hydrogen-bond donors (Lipinski definition) is 0. The van der Waals surface area contributed by atoms with Gasteiger partial charge in [-0.05, 0) is 38.7 Å². The summed E-state index contributed by atoms with van der Waals surface area (Å²) in [4.78, 5) is 38.3. The Morgan fingerprint density at radius 2 is 2.00 bits per heavy atom. The number of rotatable bonds is 7. The Morgan fingerprint density at radius 1 is 1.33 bits per heavy atom. The fourth-order valence-electron chi connectivity index (χ4n) is 2.15. The highest BCUT2D eigenvalue weighted by Crippen LogP contribution is 2.38. The fraction of sp³-hybridized carbons (Fsp3) is 0.438. The largest absolute Gasteiger partial charge is 0.463 e. The van der Waals surface area contributed by atoms with Crippen LogP contribution in [0, 0.1) is 16.0 Å². The molecule has 1 fully saturated rings. The van der Waals surface area contributed by atoms with Gasteiger partial charge in [-0.1, -0.05) is 0 Å². The Balaban J connectivity index is 2.41. The van der Waals surface area contributed by atoms with Crippen LogP contribution in [0.1, 0.15) is 42.7 Å². The lowest BCUT2D eigenvalue weighted by molar-refractivity contribution is -0.385. The molecule has 0 bridgehead atoms. The molecule has 1 saturated carbocycles. The smallest absolute Gasteiger partial charge is 0.339 e. The minimum Gasteiger partial charge on any atom is -0.463 e. The van der Waals surface area contributed by atoms with E-state index in [1.165, 1.54) is 12.3 Å². The van der Waals surface area contributed by atoms with E-state index < -0.39 is 16.9 Å². The Kier molecular flexibility index (Phi) is 5.62. The Labute approximate surface area is 138 Å². The summed E-state index contributed by atoms with van der Waals surface area (Å²) in [6, 6.07) is 1.10. The van der Waals surface area contributed by atoms with Gasteiger partial charge in [-0.3, -0.25) is 10.1 Å². The number of nitro groups is 1. The third kappa shape index (κ3) is 4.15. The first kappa shape index (κ1) is 17.6. The molecule has 0 spiro atoms. The maximum atomic E-state index is 12.0. The minimum absolute atomic E-state index is 0.00944. The van der Waals surface area contributed by atoms with Gasteiger partial charge >= 0.3 is 11.9 Å². The Hall–Kier alpha value is -2.77. The molecular weight excluding hydrogens is 316 g/mol. The van der Waals surface area contributed by atoms with E-state index in [2.05, 4.69) is 4.98 Å². The lowest BCUT2D eigenvalue weighted by atomic mass is 10.1. The van der Waals surface area contributed by atoms with Gasteiger partial charge in [0.2, 0.25) is 0 Å². The maximum absolute atomic E-state index is 12.0. The lowest BCUT2D eigenvalue weighted by Crippen LogP contribution is -2.10. The van der Waals surface area contributed by atoms with Crippen molar-refractivity contribution in [2.24, 2.45) is 5.92 Å². The average Bonchev–Trinajstić information content (AvgIpc) is 3.37. The van der Waals surface area contributed by atoms with Crippen LogP contribution in [0.2, 0.25) is 0 Å². The van der Waals surface area contributed by atoms with Gasteiger partial charge in [0.15, 0.2) is 0 Å². The zero-order valence-corrected chi connectivity index (χ0v) is 13.5. The van der Waals surface area contributed by atoms with Crippen LogP contribution in [0.4, 0.5) is 5.69 Å². The molecule has 1 aromatic rings. The molecule has 1 aromatic heterocycles.